The van der Waals surface area contributed by atoms with Gasteiger partial charge in [0.2, 0.25) is 5.90 Å². The zero-order chi connectivity index (χ0) is 15.6. The lowest BCUT2D eigenvalue weighted by molar-refractivity contribution is 0.317. The molecule has 1 aliphatic heterocycles. The van der Waals surface area contributed by atoms with Crippen molar-refractivity contribution in [3.05, 3.63) is 82.3 Å². The summed E-state index contributed by atoms with van der Waals surface area (Å²) in [6.07, 6.45) is 0.902. The molecule has 0 saturated heterocycles. The zero-order valence-electron chi connectivity index (χ0n) is 12.6. The van der Waals surface area contributed by atoms with Gasteiger partial charge >= 0.3 is 0 Å². The van der Waals surface area contributed by atoms with E-state index >= 15 is 0 Å². The van der Waals surface area contributed by atoms with E-state index in [1.807, 2.05) is 24.3 Å². The van der Waals surface area contributed by atoms with Crippen molar-refractivity contribution >= 4 is 32.6 Å². The van der Waals surface area contributed by atoms with Crippen LogP contribution in [-0.2, 0) is 11.2 Å². The number of rotatable bonds is 3. The first-order valence-electron chi connectivity index (χ1n) is 7.73. The molecule has 0 spiro atoms. The van der Waals surface area contributed by atoms with E-state index in [0.717, 1.165) is 22.4 Å². The molecular weight excluding hydrogens is 350 g/mol. The van der Waals surface area contributed by atoms with Gasteiger partial charge in [0.15, 0.2) is 0 Å². The third kappa shape index (κ3) is 3.02. The third-order valence-electron chi connectivity index (χ3n) is 4.10. The minimum atomic E-state index is 0.179. The van der Waals surface area contributed by atoms with Gasteiger partial charge in [0.25, 0.3) is 0 Å². The molecule has 1 atom stereocenters. The second-order valence-electron chi connectivity index (χ2n) is 5.76. The molecule has 0 saturated carbocycles. The predicted molar refractivity (Wildman–Crippen MR) is 98.1 cm³/mol. The summed E-state index contributed by atoms with van der Waals surface area (Å²) in [5.74, 6) is 0.739. The van der Waals surface area contributed by atoms with Crippen molar-refractivity contribution in [2.24, 2.45) is 4.99 Å². The minimum Gasteiger partial charge on any atom is -0.475 e. The van der Waals surface area contributed by atoms with Crippen LogP contribution in [-0.4, -0.2) is 18.5 Å². The van der Waals surface area contributed by atoms with E-state index in [0.29, 0.717) is 6.61 Å². The molecule has 3 aromatic carbocycles. The first-order chi connectivity index (χ1) is 11.3. The van der Waals surface area contributed by atoms with E-state index in [9.17, 15) is 0 Å². The van der Waals surface area contributed by atoms with Crippen molar-refractivity contribution in [3.8, 4) is 0 Å². The molecule has 0 N–H and O–H groups in total. The Morgan fingerprint density at radius 3 is 2.61 bits per heavy atom. The molecular formula is C20H16BrNO. The van der Waals surface area contributed by atoms with Crippen LogP contribution >= 0.6 is 15.9 Å². The fourth-order valence-corrected chi connectivity index (χ4v) is 3.39. The zero-order valence-corrected chi connectivity index (χ0v) is 14.2. The molecule has 0 aromatic heterocycles. The normalized spacial score (nSPS) is 17.1. The molecule has 0 fully saturated rings. The fraction of sp³-hybridized carbons (Fsp3) is 0.150. The highest BCUT2D eigenvalue weighted by Gasteiger charge is 2.21. The summed E-state index contributed by atoms with van der Waals surface area (Å²) in [4.78, 5) is 4.76. The molecule has 23 heavy (non-hydrogen) atoms. The standard InChI is InChI=1S/C20H16BrNO/c21-19-8-4-3-7-18(19)20-22-17(13-23-20)12-14-9-10-15-5-1-2-6-16(15)11-14/h1-11,17H,12-13H2/t17-/m0/s1. The highest BCUT2D eigenvalue weighted by Crippen LogP contribution is 2.23. The van der Waals surface area contributed by atoms with Gasteiger partial charge in [0.1, 0.15) is 6.61 Å². The number of aliphatic imine (C=N–C) groups is 1. The highest BCUT2D eigenvalue weighted by atomic mass is 79.9. The molecule has 114 valence electrons. The monoisotopic (exact) mass is 365 g/mol. The lowest BCUT2D eigenvalue weighted by Gasteiger charge is -2.06. The summed E-state index contributed by atoms with van der Waals surface area (Å²) in [6.45, 7) is 0.642. The third-order valence-corrected chi connectivity index (χ3v) is 4.79. The Kier molecular flexibility index (Phi) is 3.88. The smallest absolute Gasteiger partial charge is 0.217 e. The predicted octanol–water partition coefficient (Wildman–Crippen LogP) is 4.99. The van der Waals surface area contributed by atoms with Crippen LogP contribution in [0.4, 0.5) is 0 Å². The van der Waals surface area contributed by atoms with Crippen LogP contribution in [0.5, 0.6) is 0 Å². The van der Waals surface area contributed by atoms with Crippen LogP contribution < -0.4 is 0 Å². The number of nitrogens with zero attached hydrogens (tertiary/aromatic N) is 1. The van der Waals surface area contributed by atoms with Crippen LogP contribution in [0.2, 0.25) is 0 Å². The van der Waals surface area contributed by atoms with E-state index < -0.39 is 0 Å². The maximum Gasteiger partial charge on any atom is 0.217 e. The lowest BCUT2D eigenvalue weighted by atomic mass is 10.0. The van der Waals surface area contributed by atoms with Crippen molar-refractivity contribution in [2.75, 3.05) is 6.61 Å². The second-order valence-corrected chi connectivity index (χ2v) is 6.62. The summed E-state index contributed by atoms with van der Waals surface area (Å²) in [7, 11) is 0. The van der Waals surface area contributed by atoms with Crippen molar-refractivity contribution in [2.45, 2.75) is 12.5 Å². The Hall–Kier alpha value is -2.13. The van der Waals surface area contributed by atoms with Crippen LogP contribution in [0.25, 0.3) is 10.8 Å². The van der Waals surface area contributed by atoms with Crippen molar-refractivity contribution in [1.29, 1.82) is 0 Å². The van der Waals surface area contributed by atoms with E-state index in [1.54, 1.807) is 0 Å². The number of fused-ring (bicyclic) bond motifs is 1. The molecule has 2 nitrogen and oxygen atoms in total. The number of benzene rings is 3. The largest absolute Gasteiger partial charge is 0.475 e. The number of halogens is 1. The highest BCUT2D eigenvalue weighted by molar-refractivity contribution is 9.10. The lowest BCUT2D eigenvalue weighted by Crippen LogP contribution is -2.09. The first kappa shape index (κ1) is 14.5. The molecule has 0 aliphatic carbocycles. The second kappa shape index (κ2) is 6.17. The average Bonchev–Trinajstić information content (AvgIpc) is 3.03. The Morgan fingerprint density at radius 2 is 1.74 bits per heavy atom. The number of hydrogen-bond donors (Lipinski definition) is 0. The average molecular weight is 366 g/mol. The van der Waals surface area contributed by atoms with E-state index in [1.165, 1.54) is 16.3 Å². The molecule has 0 bridgehead atoms. The van der Waals surface area contributed by atoms with Crippen LogP contribution in [0.15, 0.2) is 76.2 Å². The van der Waals surface area contributed by atoms with Gasteiger partial charge in [-0.3, -0.25) is 0 Å². The molecule has 0 radical (unpaired) electrons. The Morgan fingerprint density at radius 1 is 0.957 bits per heavy atom. The summed E-state index contributed by atoms with van der Waals surface area (Å²) < 4.78 is 6.83. The van der Waals surface area contributed by atoms with Gasteiger partial charge in [-0.05, 0) is 50.8 Å². The van der Waals surface area contributed by atoms with Crippen molar-refractivity contribution in [1.82, 2.24) is 0 Å². The molecule has 4 rings (SSSR count). The van der Waals surface area contributed by atoms with Crippen molar-refractivity contribution < 1.29 is 4.74 Å². The molecule has 1 aliphatic rings. The molecule has 0 amide bonds. The minimum absolute atomic E-state index is 0.179. The van der Waals surface area contributed by atoms with Gasteiger partial charge in [-0.15, -0.1) is 0 Å². The van der Waals surface area contributed by atoms with Gasteiger partial charge < -0.3 is 4.74 Å². The van der Waals surface area contributed by atoms with Crippen molar-refractivity contribution in [3.63, 3.8) is 0 Å². The summed E-state index contributed by atoms with van der Waals surface area (Å²) >= 11 is 3.56. The van der Waals surface area contributed by atoms with Crippen LogP contribution in [0.3, 0.4) is 0 Å². The topological polar surface area (TPSA) is 21.6 Å². The quantitative estimate of drug-likeness (QED) is 0.640. The molecule has 3 heteroatoms. The molecule has 1 heterocycles. The van der Waals surface area contributed by atoms with E-state index in [4.69, 9.17) is 9.73 Å². The molecule has 3 aromatic rings. The van der Waals surface area contributed by atoms with E-state index in [-0.39, 0.29) is 6.04 Å². The Balaban J connectivity index is 1.56. The van der Waals surface area contributed by atoms with Gasteiger partial charge in [-0.1, -0.05) is 54.6 Å². The molecule has 0 unspecified atom stereocenters. The van der Waals surface area contributed by atoms with Crippen LogP contribution in [0.1, 0.15) is 11.1 Å². The Bertz CT molecular complexity index is 887. The number of hydrogen-bond acceptors (Lipinski definition) is 2. The first-order valence-corrected chi connectivity index (χ1v) is 8.52. The van der Waals surface area contributed by atoms with Gasteiger partial charge in [0.05, 0.1) is 11.6 Å². The maximum atomic E-state index is 5.81. The van der Waals surface area contributed by atoms with Crippen LogP contribution in [0, 0.1) is 0 Å². The van der Waals surface area contributed by atoms with Gasteiger partial charge in [0, 0.05) is 4.47 Å². The summed E-state index contributed by atoms with van der Waals surface area (Å²) in [5, 5.41) is 2.55. The maximum absolute atomic E-state index is 5.81. The Labute approximate surface area is 144 Å². The SMILES string of the molecule is Brc1ccccc1C1=N[C@@H](Cc2ccc3ccccc3c2)CO1. The summed E-state index contributed by atoms with van der Waals surface area (Å²) in [5.41, 5.74) is 2.32. The van der Waals surface area contributed by atoms with Gasteiger partial charge in [-0.25, -0.2) is 4.99 Å². The van der Waals surface area contributed by atoms with E-state index in [2.05, 4.69) is 58.4 Å². The fourth-order valence-electron chi connectivity index (χ4n) is 2.94. The summed E-state index contributed by atoms with van der Waals surface area (Å²) in [6, 6.07) is 23.3. The van der Waals surface area contributed by atoms with Gasteiger partial charge in [-0.2, -0.15) is 0 Å². The number of ether oxygens (including phenoxy) is 1.